The molecule has 4 heteroatoms. The molecule has 0 aliphatic carbocycles. The van der Waals surface area contributed by atoms with E-state index in [-0.39, 0.29) is 5.91 Å². The number of carbonyl (C=O) groups excluding carboxylic acids is 1. The van der Waals surface area contributed by atoms with E-state index in [2.05, 4.69) is 23.7 Å². The van der Waals surface area contributed by atoms with Crippen molar-refractivity contribution in [2.24, 2.45) is 0 Å². The van der Waals surface area contributed by atoms with Crippen molar-refractivity contribution >= 4 is 17.3 Å². The van der Waals surface area contributed by atoms with Crippen LogP contribution in [0.5, 0.6) is 0 Å². The van der Waals surface area contributed by atoms with Gasteiger partial charge in [-0.2, -0.15) is 0 Å². The van der Waals surface area contributed by atoms with Gasteiger partial charge in [0.05, 0.1) is 5.56 Å². The Morgan fingerprint density at radius 3 is 2.18 bits per heavy atom. The summed E-state index contributed by atoms with van der Waals surface area (Å²) in [5.74, 6) is -0.0578. The van der Waals surface area contributed by atoms with E-state index in [1.807, 2.05) is 63.2 Å². The van der Waals surface area contributed by atoms with Crippen LogP contribution in [-0.2, 0) is 0 Å². The average molecular weight is 299 g/mol. The van der Waals surface area contributed by atoms with Gasteiger partial charge in [0.2, 0.25) is 0 Å². The maximum atomic E-state index is 12.5. The molecule has 0 unspecified atom stereocenters. The highest BCUT2D eigenvalue weighted by atomic mass is 16.1. The third-order valence-corrected chi connectivity index (χ3v) is 3.89. The van der Waals surface area contributed by atoms with Gasteiger partial charge in [0, 0.05) is 42.9 Å². The number of rotatable bonds is 4. The van der Waals surface area contributed by atoms with Crippen molar-refractivity contribution in [3.63, 3.8) is 0 Å². The first-order chi connectivity index (χ1) is 10.3. The molecular weight excluding hydrogens is 274 g/mol. The third kappa shape index (κ3) is 3.16. The molecule has 0 saturated heterocycles. The molecule has 0 bridgehead atoms. The van der Waals surface area contributed by atoms with Crippen LogP contribution in [0, 0.1) is 13.8 Å². The van der Waals surface area contributed by atoms with Crippen LogP contribution in [-0.4, -0.2) is 24.6 Å². The van der Waals surface area contributed by atoms with Crippen molar-refractivity contribution in [3.8, 4) is 0 Å². The summed E-state index contributed by atoms with van der Waals surface area (Å²) in [5, 5.41) is 2.97. The lowest BCUT2D eigenvalue weighted by Gasteiger charge is -2.14. The fraction of sp³-hybridized carbons (Fsp3) is 0.389. The number of hydrogen-bond donors (Lipinski definition) is 1. The largest absolute Gasteiger partial charge is 0.378 e. The first-order valence-corrected chi connectivity index (χ1v) is 7.58. The number of amides is 1. The van der Waals surface area contributed by atoms with Crippen molar-refractivity contribution in [2.75, 3.05) is 24.3 Å². The number of carbonyl (C=O) groups is 1. The zero-order valence-corrected chi connectivity index (χ0v) is 14.3. The Bertz CT molecular complexity index is 666. The standard InChI is InChI=1S/C18H25N3O/c1-12(2)21-13(3)11-17(14(21)4)18(22)19-15-7-9-16(10-8-15)20(5)6/h7-12H,1-6H3,(H,19,22). The van der Waals surface area contributed by atoms with Crippen LogP contribution in [0.25, 0.3) is 0 Å². The summed E-state index contributed by atoms with van der Waals surface area (Å²) in [6.45, 7) is 8.29. The van der Waals surface area contributed by atoms with Crippen molar-refractivity contribution < 1.29 is 4.79 Å². The molecule has 1 heterocycles. The Morgan fingerprint density at radius 1 is 1.14 bits per heavy atom. The first-order valence-electron chi connectivity index (χ1n) is 7.58. The van der Waals surface area contributed by atoms with Crippen LogP contribution in [0.3, 0.4) is 0 Å². The molecular formula is C18H25N3O. The van der Waals surface area contributed by atoms with Gasteiger partial charge in [-0.05, 0) is 58.0 Å². The molecule has 0 atom stereocenters. The van der Waals surface area contributed by atoms with Gasteiger partial charge in [-0.1, -0.05) is 0 Å². The number of benzene rings is 1. The second kappa shape index (κ2) is 6.26. The minimum atomic E-state index is -0.0578. The Hall–Kier alpha value is -2.23. The van der Waals surface area contributed by atoms with Crippen LogP contribution in [0.1, 0.15) is 41.6 Å². The van der Waals surface area contributed by atoms with E-state index in [1.165, 1.54) is 0 Å². The summed E-state index contributed by atoms with van der Waals surface area (Å²) in [4.78, 5) is 14.5. The molecule has 118 valence electrons. The summed E-state index contributed by atoms with van der Waals surface area (Å²) < 4.78 is 2.18. The number of anilines is 2. The van der Waals surface area contributed by atoms with E-state index in [4.69, 9.17) is 0 Å². The highest BCUT2D eigenvalue weighted by molar-refractivity contribution is 6.05. The Kier molecular flexibility index (Phi) is 4.59. The summed E-state index contributed by atoms with van der Waals surface area (Å²) in [6.07, 6.45) is 0. The quantitative estimate of drug-likeness (QED) is 0.926. The highest BCUT2D eigenvalue weighted by Gasteiger charge is 2.17. The van der Waals surface area contributed by atoms with E-state index < -0.39 is 0 Å². The summed E-state index contributed by atoms with van der Waals surface area (Å²) in [6, 6.07) is 10.1. The topological polar surface area (TPSA) is 37.3 Å². The summed E-state index contributed by atoms with van der Waals surface area (Å²) in [7, 11) is 3.99. The number of aromatic nitrogens is 1. The van der Waals surface area contributed by atoms with Gasteiger partial charge in [-0.25, -0.2) is 0 Å². The molecule has 2 aromatic rings. The van der Waals surface area contributed by atoms with E-state index in [1.54, 1.807) is 0 Å². The lowest BCUT2D eigenvalue weighted by atomic mass is 10.2. The molecule has 1 aromatic carbocycles. The maximum Gasteiger partial charge on any atom is 0.257 e. The fourth-order valence-electron chi connectivity index (χ4n) is 2.84. The molecule has 0 fully saturated rings. The zero-order chi connectivity index (χ0) is 16.4. The van der Waals surface area contributed by atoms with E-state index >= 15 is 0 Å². The average Bonchev–Trinajstić information content (AvgIpc) is 2.74. The van der Waals surface area contributed by atoms with Crippen LogP contribution in [0.15, 0.2) is 30.3 Å². The second-order valence-electron chi connectivity index (χ2n) is 6.14. The Balaban J connectivity index is 2.21. The number of aryl methyl sites for hydroxylation is 1. The summed E-state index contributed by atoms with van der Waals surface area (Å²) in [5.41, 5.74) is 4.78. The second-order valence-corrected chi connectivity index (χ2v) is 6.14. The molecule has 1 N–H and O–H groups in total. The number of hydrogen-bond acceptors (Lipinski definition) is 2. The molecule has 0 aliphatic rings. The normalized spacial score (nSPS) is 10.9. The third-order valence-electron chi connectivity index (χ3n) is 3.89. The van der Waals surface area contributed by atoms with Crippen molar-refractivity contribution in [2.45, 2.75) is 33.7 Å². The van der Waals surface area contributed by atoms with Gasteiger partial charge >= 0.3 is 0 Å². The maximum absolute atomic E-state index is 12.5. The molecule has 1 amide bonds. The van der Waals surface area contributed by atoms with Crippen LogP contribution < -0.4 is 10.2 Å². The van der Waals surface area contributed by atoms with Crippen LogP contribution >= 0.6 is 0 Å². The fourth-order valence-corrected chi connectivity index (χ4v) is 2.84. The highest BCUT2D eigenvalue weighted by Crippen LogP contribution is 2.22. The van der Waals surface area contributed by atoms with E-state index in [0.29, 0.717) is 6.04 Å². The number of nitrogens with one attached hydrogen (secondary N) is 1. The van der Waals surface area contributed by atoms with Crippen molar-refractivity contribution in [1.82, 2.24) is 4.57 Å². The lowest BCUT2D eigenvalue weighted by Crippen LogP contribution is -2.14. The van der Waals surface area contributed by atoms with Gasteiger partial charge in [-0.3, -0.25) is 4.79 Å². The molecule has 2 rings (SSSR count). The van der Waals surface area contributed by atoms with Crippen molar-refractivity contribution in [1.29, 1.82) is 0 Å². The molecule has 22 heavy (non-hydrogen) atoms. The SMILES string of the molecule is Cc1cc(C(=O)Nc2ccc(N(C)C)cc2)c(C)n1C(C)C. The van der Waals surface area contributed by atoms with E-state index in [9.17, 15) is 4.79 Å². The van der Waals surface area contributed by atoms with Gasteiger partial charge in [0.25, 0.3) is 5.91 Å². The smallest absolute Gasteiger partial charge is 0.257 e. The monoisotopic (exact) mass is 299 g/mol. The van der Waals surface area contributed by atoms with Crippen molar-refractivity contribution in [3.05, 3.63) is 47.3 Å². The molecule has 0 aliphatic heterocycles. The lowest BCUT2D eigenvalue weighted by molar-refractivity contribution is 0.102. The van der Waals surface area contributed by atoms with Gasteiger partial charge in [0.1, 0.15) is 0 Å². The molecule has 0 spiro atoms. The van der Waals surface area contributed by atoms with Gasteiger partial charge in [-0.15, -0.1) is 0 Å². The van der Waals surface area contributed by atoms with Crippen LogP contribution in [0.2, 0.25) is 0 Å². The van der Waals surface area contributed by atoms with Gasteiger partial charge in [0.15, 0.2) is 0 Å². The van der Waals surface area contributed by atoms with Gasteiger partial charge < -0.3 is 14.8 Å². The first kappa shape index (κ1) is 16.1. The molecule has 0 saturated carbocycles. The van der Waals surface area contributed by atoms with E-state index in [0.717, 1.165) is 28.3 Å². The Morgan fingerprint density at radius 2 is 1.73 bits per heavy atom. The number of nitrogens with zero attached hydrogens (tertiary/aromatic N) is 2. The van der Waals surface area contributed by atoms with Crippen LogP contribution in [0.4, 0.5) is 11.4 Å². The summed E-state index contributed by atoms with van der Waals surface area (Å²) >= 11 is 0. The zero-order valence-electron chi connectivity index (χ0n) is 14.3. The molecule has 4 nitrogen and oxygen atoms in total. The molecule has 0 radical (unpaired) electrons. The predicted molar refractivity (Wildman–Crippen MR) is 93.0 cm³/mol. The molecule has 1 aromatic heterocycles. The minimum Gasteiger partial charge on any atom is -0.378 e. The minimum absolute atomic E-state index is 0.0578. The predicted octanol–water partition coefficient (Wildman–Crippen LogP) is 4.00. The Labute approximate surface area is 132 Å².